The molecule has 2 N–H and O–H groups in total. The van der Waals surface area contributed by atoms with Crippen LogP contribution in [-0.4, -0.2) is 17.6 Å². The lowest BCUT2D eigenvalue weighted by Crippen LogP contribution is -2.12. The summed E-state index contributed by atoms with van der Waals surface area (Å²) in [5.41, 5.74) is 0.447. The Morgan fingerprint density at radius 2 is 2.31 bits per heavy atom. The quantitative estimate of drug-likeness (QED) is 0.860. The van der Waals surface area contributed by atoms with Crippen molar-refractivity contribution in [3.63, 3.8) is 0 Å². The minimum Gasteiger partial charge on any atom is -0.480 e. The van der Waals surface area contributed by atoms with E-state index in [1.807, 2.05) is 0 Å². The lowest BCUT2D eigenvalue weighted by Gasteiger charge is -2.03. The molecule has 0 atom stereocenters. The van der Waals surface area contributed by atoms with E-state index in [2.05, 4.69) is 21.2 Å². The van der Waals surface area contributed by atoms with Gasteiger partial charge in [-0.25, -0.2) is 4.39 Å². The topological polar surface area (TPSA) is 49.3 Å². The van der Waals surface area contributed by atoms with E-state index in [4.69, 9.17) is 5.11 Å². The Labute approximate surface area is 82.7 Å². The summed E-state index contributed by atoms with van der Waals surface area (Å²) in [5.74, 6) is -1.40. The van der Waals surface area contributed by atoms with Crippen LogP contribution in [-0.2, 0) is 4.79 Å². The van der Waals surface area contributed by atoms with Gasteiger partial charge in [-0.05, 0) is 34.1 Å². The fourth-order valence-electron chi connectivity index (χ4n) is 0.784. The van der Waals surface area contributed by atoms with Gasteiger partial charge in [-0.2, -0.15) is 0 Å². The Morgan fingerprint density at radius 3 is 2.85 bits per heavy atom. The van der Waals surface area contributed by atoms with Crippen molar-refractivity contribution in [1.29, 1.82) is 0 Å². The van der Waals surface area contributed by atoms with E-state index >= 15 is 0 Å². The van der Waals surface area contributed by atoms with Gasteiger partial charge in [0.15, 0.2) is 0 Å². The summed E-state index contributed by atoms with van der Waals surface area (Å²) in [5, 5.41) is 10.9. The molecule has 0 aliphatic rings. The van der Waals surface area contributed by atoms with E-state index in [-0.39, 0.29) is 6.54 Å². The molecule has 5 heteroatoms. The van der Waals surface area contributed by atoms with Crippen LogP contribution in [0.1, 0.15) is 0 Å². The number of benzene rings is 1. The van der Waals surface area contributed by atoms with Crippen LogP contribution in [0.15, 0.2) is 22.7 Å². The predicted molar refractivity (Wildman–Crippen MR) is 50.2 cm³/mol. The number of hydrogen-bond donors (Lipinski definition) is 2. The fourth-order valence-corrected chi connectivity index (χ4v) is 1.03. The Kier molecular flexibility index (Phi) is 3.25. The number of carboxylic acid groups (broad SMARTS) is 1. The molecule has 0 fully saturated rings. The highest BCUT2D eigenvalue weighted by Crippen LogP contribution is 2.18. The standard InChI is InChI=1S/C8H7BrFNO2/c9-6-2-1-5(3-7(6)10)11-4-8(12)13/h1-3,11H,4H2,(H,12,13). The maximum absolute atomic E-state index is 12.9. The summed E-state index contributed by atoms with van der Waals surface area (Å²) in [7, 11) is 0. The summed E-state index contributed by atoms with van der Waals surface area (Å²) >= 11 is 2.99. The number of halogens is 2. The lowest BCUT2D eigenvalue weighted by molar-refractivity contribution is -0.134. The van der Waals surface area contributed by atoms with Crippen LogP contribution in [0, 0.1) is 5.82 Å². The van der Waals surface area contributed by atoms with Gasteiger partial charge in [0.25, 0.3) is 0 Å². The zero-order valence-corrected chi connectivity index (χ0v) is 8.14. The third-order valence-electron chi connectivity index (χ3n) is 1.36. The van der Waals surface area contributed by atoms with E-state index in [1.54, 1.807) is 6.07 Å². The SMILES string of the molecule is O=C(O)CNc1ccc(Br)c(F)c1. The van der Waals surface area contributed by atoms with E-state index in [9.17, 15) is 9.18 Å². The van der Waals surface area contributed by atoms with Crippen molar-refractivity contribution in [2.75, 3.05) is 11.9 Å². The van der Waals surface area contributed by atoms with Crippen LogP contribution in [0.4, 0.5) is 10.1 Å². The number of anilines is 1. The third-order valence-corrected chi connectivity index (χ3v) is 2.01. The van der Waals surface area contributed by atoms with Gasteiger partial charge in [-0.1, -0.05) is 0 Å². The first kappa shape index (κ1) is 9.98. The summed E-state index contributed by atoms with van der Waals surface area (Å²) in [6, 6.07) is 4.34. The number of carboxylic acids is 1. The van der Waals surface area contributed by atoms with E-state index in [0.29, 0.717) is 10.2 Å². The fraction of sp³-hybridized carbons (Fsp3) is 0.125. The third kappa shape index (κ3) is 3.02. The number of rotatable bonds is 3. The highest BCUT2D eigenvalue weighted by molar-refractivity contribution is 9.10. The van der Waals surface area contributed by atoms with Gasteiger partial charge in [0, 0.05) is 5.69 Å². The number of nitrogens with one attached hydrogen (secondary N) is 1. The van der Waals surface area contributed by atoms with Crippen molar-refractivity contribution in [2.24, 2.45) is 0 Å². The maximum Gasteiger partial charge on any atom is 0.322 e. The zero-order valence-electron chi connectivity index (χ0n) is 6.55. The average Bonchev–Trinajstić information content (AvgIpc) is 2.07. The minimum absolute atomic E-state index is 0.221. The molecule has 0 amide bonds. The van der Waals surface area contributed by atoms with E-state index < -0.39 is 11.8 Å². The number of hydrogen-bond acceptors (Lipinski definition) is 2. The minimum atomic E-state index is -0.983. The molecule has 0 aliphatic heterocycles. The monoisotopic (exact) mass is 247 g/mol. The smallest absolute Gasteiger partial charge is 0.322 e. The molecule has 0 spiro atoms. The van der Waals surface area contributed by atoms with Crippen LogP contribution >= 0.6 is 15.9 Å². The molecular weight excluding hydrogens is 241 g/mol. The molecule has 0 radical (unpaired) electrons. The van der Waals surface area contributed by atoms with Crippen molar-refractivity contribution in [2.45, 2.75) is 0 Å². The Bertz CT molecular complexity index is 330. The second kappa shape index (κ2) is 4.23. The van der Waals surface area contributed by atoms with Crippen LogP contribution in [0.2, 0.25) is 0 Å². The molecule has 1 aromatic carbocycles. The van der Waals surface area contributed by atoms with Crippen molar-refractivity contribution < 1.29 is 14.3 Å². The number of aliphatic carboxylic acids is 1. The Morgan fingerprint density at radius 1 is 1.62 bits per heavy atom. The molecule has 1 aromatic rings. The number of carbonyl (C=O) groups is 1. The molecule has 0 saturated heterocycles. The Hall–Kier alpha value is -1.10. The van der Waals surface area contributed by atoms with Crippen molar-refractivity contribution in [1.82, 2.24) is 0 Å². The predicted octanol–water partition coefficient (Wildman–Crippen LogP) is 2.08. The van der Waals surface area contributed by atoms with Gasteiger partial charge in [0.05, 0.1) is 4.47 Å². The van der Waals surface area contributed by atoms with Crippen LogP contribution in [0.3, 0.4) is 0 Å². The van der Waals surface area contributed by atoms with Crippen LogP contribution in [0.5, 0.6) is 0 Å². The van der Waals surface area contributed by atoms with Gasteiger partial charge in [0.2, 0.25) is 0 Å². The van der Waals surface area contributed by atoms with Gasteiger partial charge < -0.3 is 10.4 Å². The molecule has 3 nitrogen and oxygen atoms in total. The largest absolute Gasteiger partial charge is 0.480 e. The molecule has 0 unspecified atom stereocenters. The van der Waals surface area contributed by atoms with Gasteiger partial charge >= 0.3 is 5.97 Å². The first-order chi connectivity index (χ1) is 6.09. The van der Waals surface area contributed by atoms with Crippen molar-refractivity contribution in [3.8, 4) is 0 Å². The molecule has 70 valence electrons. The molecule has 1 rings (SSSR count). The molecule has 0 bridgehead atoms. The Balaban J connectivity index is 2.68. The van der Waals surface area contributed by atoms with Gasteiger partial charge in [0.1, 0.15) is 12.4 Å². The van der Waals surface area contributed by atoms with Gasteiger partial charge in [-0.15, -0.1) is 0 Å². The molecule has 0 aliphatic carbocycles. The molecule has 13 heavy (non-hydrogen) atoms. The van der Waals surface area contributed by atoms with Crippen molar-refractivity contribution in [3.05, 3.63) is 28.5 Å². The van der Waals surface area contributed by atoms with Crippen molar-refractivity contribution >= 4 is 27.6 Å². The molecule has 0 heterocycles. The highest BCUT2D eigenvalue weighted by atomic mass is 79.9. The summed E-state index contributed by atoms with van der Waals surface area (Å²) in [6.45, 7) is -0.221. The van der Waals surface area contributed by atoms with Crippen LogP contribution < -0.4 is 5.32 Å². The first-order valence-electron chi connectivity index (χ1n) is 3.50. The summed E-state index contributed by atoms with van der Waals surface area (Å²) < 4.78 is 13.2. The molecule has 0 aromatic heterocycles. The summed E-state index contributed by atoms with van der Waals surface area (Å²) in [6.07, 6.45) is 0. The molecule has 0 saturated carbocycles. The molecular formula is C8H7BrFNO2. The van der Waals surface area contributed by atoms with E-state index in [1.165, 1.54) is 12.1 Å². The van der Waals surface area contributed by atoms with E-state index in [0.717, 1.165) is 0 Å². The zero-order chi connectivity index (χ0) is 9.84. The highest BCUT2D eigenvalue weighted by Gasteiger charge is 2.01. The van der Waals surface area contributed by atoms with Gasteiger partial charge in [-0.3, -0.25) is 4.79 Å². The maximum atomic E-state index is 12.9. The van der Waals surface area contributed by atoms with Crippen LogP contribution in [0.25, 0.3) is 0 Å². The first-order valence-corrected chi connectivity index (χ1v) is 4.29. The summed E-state index contributed by atoms with van der Waals surface area (Å²) in [4.78, 5) is 10.2. The second-order valence-electron chi connectivity index (χ2n) is 2.38. The lowest BCUT2D eigenvalue weighted by atomic mass is 10.3. The normalized spacial score (nSPS) is 9.69. The second-order valence-corrected chi connectivity index (χ2v) is 3.23. The average molecular weight is 248 g/mol.